The van der Waals surface area contributed by atoms with E-state index in [0.717, 1.165) is 6.42 Å². The lowest BCUT2D eigenvalue weighted by Crippen LogP contribution is -2.10. The normalized spacial score (nSPS) is 14.9. The van der Waals surface area contributed by atoms with Crippen LogP contribution < -0.4 is 4.74 Å². The van der Waals surface area contributed by atoms with Crippen molar-refractivity contribution >= 4 is 0 Å². The van der Waals surface area contributed by atoms with Crippen LogP contribution in [0.2, 0.25) is 0 Å². The molecule has 2 nitrogen and oxygen atoms in total. The second-order valence-electron chi connectivity index (χ2n) is 3.28. The van der Waals surface area contributed by atoms with Crippen LogP contribution in [0.15, 0.2) is 6.07 Å². The Bertz CT molecular complexity index is 347. The van der Waals surface area contributed by atoms with Crippen LogP contribution in [0.1, 0.15) is 17.5 Å². The number of ether oxygens (including phenoxy) is 1. The van der Waals surface area contributed by atoms with Crippen molar-refractivity contribution in [1.82, 2.24) is 0 Å². The lowest BCUT2D eigenvalue weighted by Gasteiger charge is -2.19. The van der Waals surface area contributed by atoms with E-state index < -0.39 is 0 Å². The van der Waals surface area contributed by atoms with E-state index in [2.05, 4.69) is 0 Å². The molecule has 0 aliphatic carbocycles. The Morgan fingerprint density at radius 1 is 1.54 bits per heavy atom. The van der Waals surface area contributed by atoms with Gasteiger partial charge in [0, 0.05) is 5.56 Å². The van der Waals surface area contributed by atoms with Crippen LogP contribution in [-0.4, -0.2) is 11.7 Å². The maximum atomic E-state index is 13.3. The van der Waals surface area contributed by atoms with Gasteiger partial charge in [-0.15, -0.1) is 0 Å². The lowest BCUT2D eigenvalue weighted by molar-refractivity contribution is 0.268. The van der Waals surface area contributed by atoms with Gasteiger partial charge in [-0.2, -0.15) is 0 Å². The van der Waals surface area contributed by atoms with E-state index in [1.54, 1.807) is 6.92 Å². The van der Waals surface area contributed by atoms with Crippen molar-refractivity contribution in [3.63, 3.8) is 0 Å². The molecule has 1 aliphatic rings. The first-order chi connectivity index (χ1) is 6.20. The number of aryl methyl sites for hydroxylation is 1. The number of aromatic hydroxyl groups is 1. The van der Waals surface area contributed by atoms with Crippen LogP contribution >= 0.6 is 0 Å². The van der Waals surface area contributed by atoms with Crippen molar-refractivity contribution in [3.05, 3.63) is 23.0 Å². The molecule has 1 heterocycles. The molecule has 0 amide bonds. The van der Waals surface area contributed by atoms with Crippen molar-refractivity contribution in [2.24, 2.45) is 0 Å². The second kappa shape index (κ2) is 2.91. The van der Waals surface area contributed by atoms with E-state index in [1.807, 2.05) is 0 Å². The van der Waals surface area contributed by atoms with Crippen molar-refractivity contribution < 1.29 is 14.2 Å². The highest BCUT2D eigenvalue weighted by atomic mass is 19.1. The zero-order chi connectivity index (χ0) is 9.42. The molecule has 0 atom stereocenters. The van der Waals surface area contributed by atoms with E-state index in [1.165, 1.54) is 6.07 Å². The molecule has 0 fully saturated rings. The standard InChI is InChI=1S/C10H11FO2/c1-6-5-8(11)10-7(9(6)12)3-2-4-13-10/h5,12H,2-4H2,1H3. The van der Waals surface area contributed by atoms with Gasteiger partial charge >= 0.3 is 0 Å². The predicted octanol–water partition coefficient (Wildman–Crippen LogP) is 2.16. The average molecular weight is 182 g/mol. The van der Waals surface area contributed by atoms with Gasteiger partial charge in [0.2, 0.25) is 0 Å². The number of phenolic OH excluding ortho intramolecular Hbond substituents is 1. The minimum absolute atomic E-state index is 0.177. The van der Waals surface area contributed by atoms with Crippen LogP contribution in [0.4, 0.5) is 4.39 Å². The van der Waals surface area contributed by atoms with Gasteiger partial charge in [-0.25, -0.2) is 4.39 Å². The maximum Gasteiger partial charge on any atom is 0.165 e. The van der Waals surface area contributed by atoms with Gasteiger partial charge in [0.05, 0.1) is 6.61 Å². The molecular formula is C10H11FO2. The fourth-order valence-electron chi connectivity index (χ4n) is 1.62. The Kier molecular flexibility index (Phi) is 1.87. The zero-order valence-electron chi connectivity index (χ0n) is 7.43. The Morgan fingerprint density at radius 2 is 2.31 bits per heavy atom. The fourth-order valence-corrected chi connectivity index (χ4v) is 1.62. The maximum absolute atomic E-state index is 13.3. The summed E-state index contributed by atoms with van der Waals surface area (Å²) in [4.78, 5) is 0. The summed E-state index contributed by atoms with van der Waals surface area (Å²) in [6.45, 7) is 2.22. The van der Waals surface area contributed by atoms with Gasteiger partial charge in [-0.05, 0) is 31.4 Å². The smallest absolute Gasteiger partial charge is 0.165 e. The molecule has 1 N–H and O–H groups in total. The summed E-state index contributed by atoms with van der Waals surface area (Å²) < 4.78 is 18.4. The Hall–Kier alpha value is -1.25. The van der Waals surface area contributed by atoms with E-state index >= 15 is 0 Å². The molecule has 0 saturated carbocycles. The SMILES string of the molecule is Cc1cc(F)c2c(c1O)CCCO2. The summed E-state index contributed by atoms with van der Waals surface area (Å²) in [6, 6.07) is 1.31. The molecule has 70 valence electrons. The summed E-state index contributed by atoms with van der Waals surface area (Å²) in [6.07, 6.45) is 1.53. The lowest BCUT2D eigenvalue weighted by atomic mass is 10.0. The number of phenols is 1. The quantitative estimate of drug-likeness (QED) is 0.666. The van der Waals surface area contributed by atoms with Crippen molar-refractivity contribution in [2.75, 3.05) is 6.61 Å². The first kappa shape index (κ1) is 8.35. The highest BCUT2D eigenvalue weighted by Gasteiger charge is 2.20. The van der Waals surface area contributed by atoms with Crippen molar-refractivity contribution in [2.45, 2.75) is 19.8 Å². The molecular weight excluding hydrogens is 171 g/mol. The number of fused-ring (bicyclic) bond motifs is 1. The first-order valence-electron chi connectivity index (χ1n) is 4.34. The third-order valence-electron chi connectivity index (χ3n) is 2.31. The Morgan fingerprint density at radius 3 is 3.08 bits per heavy atom. The monoisotopic (exact) mass is 182 g/mol. The largest absolute Gasteiger partial charge is 0.507 e. The molecule has 0 radical (unpaired) electrons. The van der Waals surface area contributed by atoms with Gasteiger partial charge in [-0.3, -0.25) is 0 Å². The summed E-state index contributed by atoms with van der Waals surface area (Å²) in [7, 11) is 0. The molecule has 0 aromatic heterocycles. The third kappa shape index (κ3) is 1.24. The van der Waals surface area contributed by atoms with E-state index in [9.17, 15) is 9.50 Å². The summed E-state index contributed by atoms with van der Waals surface area (Å²) in [5, 5.41) is 9.62. The minimum atomic E-state index is -0.370. The number of benzene rings is 1. The van der Waals surface area contributed by atoms with Gasteiger partial charge < -0.3 is 9.84 Å². The fraction of sp³-hybridized carbons (Fsp3) is 0.400. The third-order valence-corrected chi connectivity index (χ3v) is 2.31. The van der Waals surface area contributed by atoms with Crippen LogP contribution in [0.3, 0.4) is 0 Å². The molecule has 0 spiro atoms. The zero-order valence-corrected chi connectivity index (χ0v) is 7.43. The highest BCUT2D eigenvalue weighted by Crippen LogP contribution is 2.36. The average Bonchev–Trinajstić information content (AvgIpc) is 2.15. The summed E-state index contributed by atoms with van der Waals surface area (Å²) in [5.41, 5.74) is 1.19. The van der Waals surface area contributed by atoms with Crippen LogP contribution in [-0.2, 0) is 6.42 Å². The first-order valence-corrected chi connectivity index (χ1v) is 4.34. The van der Waals surface area contributed by atoms with Gasteiger partial charge in [-0.1, -0.05) is 0 Å². The van der Waals surface area contributed by atoms with Crippen LogP contribution in [0.5, 0.6) is 11.5 Å². The molecule has 1 aromatic carbocycles. The van der Waals surface area contributed by atoms with Gasteiger partial charge in [0.25, 0.3) is 0 Å². The van der Waals surface area contributed by atoms with E-state index in [0.29, 0.717) is 24.2 Å². The summed E-state index contributed by atoms with van der Waals surface area (Å²) >= 11 is 0. The minimum Gasteiger partial charge on any atom is -0.507 e. The van der Waals surface area contributed by atoms with Gasteiger partial charge in [0.1, 0.15) is 5.75 Å². The number of hydrogen-bond donors (Lipinski definition) is 1. The van der Waals surface area contributed by atoms with Crippen LogP contribution in [0.25, 0.3) is 0 Å². The molecule has 0 bridgehead atoms. The molecule has 2 rings (SSSR count). The predicted molar refractivity (Wildman–Crippen MR) is 46.6 cm³/mol. The molecule has 3 heteroatoms. The molecule has 1 aliphatic heterocycles. The van der Waals surface area contributed by atoms with Crippen molar-refractivity contribution in [3.8, 4) is 11.5 Å². The molecule has 13 heavy (non-hydrogen) atoms. The Labute approximate surface area is 76.0 Å². The number of halogens is 1. The number of hydrogen-bond acceptors (Lipinski definition) is 2. The van der Waals surface area contributed by atoms with E-state index in [-0.39, 0.29) is 17.3 Å². The summed E-state index contributed by atoms with van der Waals surface area (Å²) in [5.74, 6) is 0.0375. The van der Waals surface area contributed by atoms with Crippen molar-refractivity contribution in [1.29, 1.82) is 0 Å². The van der Waals surface area contributed by atoms with Crippen LogP contribution in [0, 0.1) is 12.7 Å². The topological polar surface area (TPSA) is 29.5 Å². The van der Waals surface area contributed by atoms with Gasteiger partial charge in [0.15, 0.2) is 11.6 Å². The molecule has 0 unspecified atom stereocenters. The molecule has 0 saturated heterocycles. The second-order valence-corrected chi connectivity index (χ2v) is 3.28. The molecule has 1 aromatic rings. The number of rotatable bonds is 0. The highest BCUT2D eigenvalue weighted by molar-refractivity contribution is 5.50. The Balaban J connectivity index is 2.63. The van der Waals surface area contributed by atoms with E-state index in [4.69, 9.17) is 4.74 Å².